The summed E-state index contributed by atoms with van der Waals surface area (Å²) in [6.45, 7) is 3.63. The second-order valence-corrected chi connectivity index (χ2v) is 6.81. The molecule has 2 N–H and O–H groups in total. The van der Waals surface area contributed by atoms with Gasteiger partial charge in [-0.05, 0) is 32.6 Å². The zero-order chi connectivity index (χ0) is 15.0. The molecule has 1 saturated carbocycles. The van der Waals surface area contributed by atoms with Crippen molar-refractivity contribution in [1.82, 2.24) is 19.7 Å². The highest BCUT2D eigenvalue weighted by atomic mass is 16.2. The van der Waals surface area contributed by atoms with Crippen molar-refractivity contribution in [2.45, 2.75) is 51.0 Å². The van der Waals surface area contributed by atoms with Gasteiger partial charge in [-0.2, -0.15) is 0 Å². The number of likely N-dealkylation sites (tertiary alicyclic amines) is 1. The van der Waals surface area contributed by atoms with Gasteiger partial charge in [-0.15, -0.1) is 10.2 Å². The van der Waals surface area contributed by atoms with Gasteiger partial charge < -0.3 is 15.2 Å². The minimum absolute atomic E-state index is 0.000189. The fourth-order valence-electron chi connectivity index (χ4n) is 3.85. The van der Waals surface area contributed by atoms with Crippen LogP contribution >= 0.6 is 0 Å². The molecule has 0 spiro atoms. The minimum atomic E-state index is -0.373. The molecule has 1 aliphatic carbocycles. The maximum absolute atomic E-state index is 12.9. The van der Waals surface area contributed by atoms with Crippen LogP contribution in [0.2, 0.25) is 0 Å². The number of carbonyl (C=O) groups is 1. The van der Waals surface area contributed by atoms with E-state index in [2.05, 4.69) is 10.2 Å². The third kappa shape index (κ3) is 2.46. The average molecular weight is 291 g/mol. The van der Waals surface area contributed by atoms with E-state index < -0.39 is 0 Å². The van der Waals surface area contributed by atoms with Crippen molar-refractivity contribution in [2.24, 2.45) is 18.2 Å². The van der Waals surface area contributed by atoms with E-state index in [4.69, 9.17) is 5.73 Å². The van der Waals surface area contributed by atoms with Crippen molar-refractivity contribution in [3.05, 3.63) is 12.2 Å². The van der Waals surface area contributed by atoms with Crippen LogP contribution in [0.25, 0.3) is 0 Å². The Morgan fingerprint density at radius 1 is 1.43 bits per heavy atom. The molecule has 21 heavy (non-hydrogen) atoms. The first-order chi connectivity index (χ1) is 10.0. The van der Waals surface area contributed by atoms with Crippen LogP contribution in [-0.4, -0.2) is 44.7 Å². The number of nitrogens with zero attached hydrogens (tertiary/aromatic N) is 4. The Kier molecular flexibility index (Phi) is 3.73. The lowest BCUT2D eigenvalue weighted by Crippen LogP contribution is -2.51. The van der Waals surface area contributed by atoms with Gasteiger partial charge in [0.25, 0.3) is 0 Å². The summed E-state index contributed by atoms with van der Waals surface area (Å²) in [5.74, 6) is 1.50. The molecule has 1 aromatic rings. The van der Waals surface area contributed by atoms with Crippen LogP contribution in [0.15, 0.2) is 6.33 Å². The van der Waals surface area contributed by atoms with Crippen molar-refractivity contribution in [2.75, 3.05) is 13.1 Å². The van der Waals surface area contributed by atoms with Crippen molar-refractivity contribution in [3.8, 4) is 0 Å². The lowest BCUT2D eigenvalue weighted by molar-refractivity contribution is -0.143. The maximum Gasteiger partial charge on any atom is 0.230 e. The summed E-state index contributed by atoms with van der Waals surface area (Å²) in [6, 6.07) is 0.000189. The van der Waals surface area contributed by atoms with Crippen molar-refractivity contribution >= 4 is 5.91 Å². The summed E-state index contributed by atoms with van der Waals surface area (Å²) in [7, 11) is 1.96. The first-order valence-electron chi connectivity index (χ1n) is 7.91. The molecule has 3 rings (SSSR count). The molecule has 2 aliphatic rings. The third-order valence-electron chi connectivity index (χ3n) is 5.34. The smallest absolute Gasteiger partial charge is 0.230 e. The Morgan fingerprint density at radius 2 is 2.24 bits per heavy atom. The van der Waals surface area contributed by atoms with E-state index in [1.807, 2.05) is 23.4 Å². The van der Waals surface area contributed by atoms with Crippen molar-refractivity contribution < 1.29 is 4.79 Å². The van der Waals surface area contributed by atoms with Crippen LogP contribution in [0.3, 0.4) is 0 Å². The Balaban J connectivity index is 1.74. The number of carbonyl (C=O) groups excluding carboxylic acids is 1. The number of amides is 1. The third-order valence-corrected chi connectivity index (χ3v) is 5.34. The number of hydrogen-bond donors (Lipinski definition) is 1. The summed E-state index contributed by atoms with van der Waals surface area (Å²) in [5.41, 5.74) is 5.83. The highest BCUT2D eigenvalue weighted by Gasteiger charge is 2.46. The number of nitrogens with two attached hydrogens (primary N) is 1. The molecule has 116 valence electrons. The zero-order valence-corrected chi connectivity index (χ0v) is 13.0. The molecule has 2 heterocycles. The predicted molar refractivity (Wildman–Crippen MR) is 79.5 cm³/mol. The normalized spacial score (nSPS) is 33.4. The predicted octanol–water partition coefficient (Wildman–Crippen LogP) is 1.04. The maximum atomic E-state index is 12.9. The SMILES string of the molecule is Cn1cnnc1C1CCCN(C(=O)C2(C)CCCC2N)C1. The van der Waals surface area contributed by atoms with Gasteiger partial charge in [0.1, 0.15) is 12.2 Å². The molecule has 0 radical (unpaired) electrons. The molecule has 1 saturated heterocycles. The fraction of sp³-hybridized carbons (Fsp3) is 0.800. The zero-order valence-electron chi connectivity index (χ0n) is 13.0. The summed E-state index contributed by atoms with van der Waals surface area (Å²) >= 11 is 0. The van der Waals surface area contributed by atoms with Gasteiger partial charge in [0.15, 0.2) is 0 Å². The molecule has 3 unspecified atom stereocenters. The first-order valence-corrected chi connectivity index (χ1v) is 7.91. The van der Waals surface area contributed by atoms with Gasteiger partial charge >= 0.3 is 0 Å². The van der Waals surface area contributed by atoms with E-state index in [9.17, 15) is 4.79 Å². The topological polar surface area (TPSA) is 77.0 Å². The van der Waals surface area contributed by atoms with E-state index in [1.54, 1.807) is 6.33 Å². The molecule has 6 heteroatoms. The van der Waals surface area contributed by atoms with Crippen LogP contribution in [0.1, 0.15) is 50.8 Å². The Morgan fingerprint density at radius 3 is 2.86 bits per heavy atom. The largest absolute Gasteiger partial charge is 0.341 e. The summed E-state index contributed by atoms with van der Waals surface area (Å²) in [5, 5.41) is 8.17. The molecule has 3 atom stereocenters. The molecule has 1 aliphatic heterocycles. The molecule has 1 amide bonds. The average Bonchev–Trinajstić information content (AvgIpc) is 3.06. The molecular weight excluding hydrogens is 266 g/mol. The number of rotatable bonds is 2. The van der Waals surface area contributed by atoms with Gasteiger partial charge in [-0.25, -0.2) is 0 Å². The van der Waals surface area contributed by atoms with E-state index in [1.165, 1.54) is 0 Å². The lowest BCUT2D eigenvalue weighted by atomic mass is 9.82. The minimum Gasteiger partial charge on any atom is -0.341 e. The van der Waals surface area contributed by atoms with Crippen LogP contribution < -0.4 is 5.73 Å². The second-order valence-electron chi connectivity index (χ2n) is 6.81. The lowest BCUT2D eigenvalue weighted by Gasteiger charge is -2.38. The highest BCUT2D eigenvalue weighted by molar-refractivity contribution is 5.83. The van der Waals surface area contributed by atoms with Crippen molar-refractivity contribution in [1.29, 1.82) is 0 Å². The van der Waals surface area contributed by atoms with Crippen LogP contribution in [-0.2, 0) is 11.8 Å². The van der Waals surface area contributed by atoms with Crippen LogP contribution in [0.5, 0.6) is 0 Å². The molecular formula is C15H25N5O. The second kappa shape index (κ2) is 5.40. The van der Waals surface area contributed by atoms with Gasteiger partial charge in [-0.1, -0.05) is 6.42 Å². The molecule has 0 aromatic carbocycles. The summed E-state index contributed by atoms with van der Waals surface area (Å²) in [6.07, 6.45) is 6.75. The number of aryl methyl sites for hydroxylation is 1. The molecule has 0 bridgehead atoms. The number of aromatic nitrogens is 3. The van der Waals surface area contributed by atoms with Crippen molar-refractivity contribution in [3.63, 3.8) is 0 Å². The van der Waals surface area contributed by atoms with E-state index in [0.717, 1.165) is 51.0 Å². The van der Waals surface area contributed by atoms with E-state index in [-0.39, 0.29) is 23.3 Å². The van der Waals surface area contributed by atoms with E-state index in [0.29, 0.717) is 0 Å². The standard InChI is InChI=1S/C15H25N5O/c1-15(7-3-6-12(15)16)14(21)20-8-4-5-11(9-20)13-18-17-10-19(13)2/h10-12H,3-9,16H2,1-2H3. The molecule has 1 aromatic heterocycles. The highest BCUT2D eigenvalue weighted by Crippen LogP contribution is 2.39. The molecule has 6 nitrogen and oxygen atoms in total. The fourth-order valence-corrected chi connectivity index (χ4v) is 3.85. The first kappa shape index (κ1) is 14.5. The monoisotopic (exact) mass is 291 g/mol. The van der Waals surface area contributed by atoms with E-state index >= 15 is 0 Å². The molecule has 2 fully saturated rings. The summed E-state index contributed by atoms with van der Waals surface area (Å²) in [4.78, 5) is 14.9. The number of hydrogen-bond acceptors (Lipinski definition) is 4. The Labute approximate surface area is 125 Å². The van der Waals surface area contributed by atoms with Gasteiger partial charge in [0.2, 0.25) is 5.91 Å². The van der Waals surface area contributed by atoms with Gasteiger partial charge in [-0.3, -0.25) is 4.79 Å². The van der Waals surface area contributed by atoms with Crippen LogP contribution in [0.4, 0.5) is 0 Å². The van der Waals surface area contributed by atoms with Crippen LogP contribution in [0, 0.1) is 5.41 Å². The van der Waals surface area contributed by atoms with Gasteiger partial charge in [0.05, 0.1) is 5.41 Å². The number of piperidine rings is 1. The Hall–Kier alpha value is -1.43. The Bertz CT molecular complexity index is 528. The quantitative estimate of drug-likeness (QED) is 0.883. The van der Waals surface area contributed by atoms with Gasteiger partial charge in [0, 0.05) is 32.1 Å². The summed E-state index contributed by atoms with van der Waals surface area (Å²) < 4.78 is 1.96.